The lowest BCUT2D eigenvalue weighted by atomic mass is 10.1. The van der Waals surface area contributed by atoms with Gasteiger partial charge in [-0.25, -0.2) is 0 Å². The molecule has 1 aliphatic rings. The lowest BCUT2D eigenvalue weighted by Crippen LogP contribution is -2.47. The van der Waals surface area contributed by atoms with Crippen molar-refractivity contribution in [3.63, 3.8) is 0 Å². The standard InChI is InChI=1S/C10H20IN3O/c1-9(8-12-11)7-10(15)14-5-3-13(2)4-6-14/h9,12H,3-8H2,1-2H3. The van der Waals surface area contributed by atoms with Gasteiger partial charge in [-0.1, -0.05) is 6.92 Å². The molecular formula is C10H20IN3O. The molecule has 0 aromatic heterocycles. The van der Waals surface area contributed by atoms with Crippen LogP contribution in [0.25, 0.3) is 0 Å². The highest BCUT2D eigenvalue weighted by molar-refractivity contribution is 14.1. The molecule has 0 bridgehead atoms. The Labute approximate surface area is 106 Å². The molecule has 0 radical (unpaired) electrons. The molecule has 5 heteroatoms. The van der Waals surface area contributed by atoms with Crippen LogP contribution in [0.2, 0.25) is 0 Å². The number of nitrogens with zero attached hydrogens (tertiary/aromatic N) is 2. The van der Waals surface area contributed by atoms with Gasteiger partial charge in [0.15, 0.2) is 0 Å². The number of likely N-dealkylation sites (N-methyl/N-ethyl adjacent to an activating group) is 1. The van der Waals surface area contributed by atoms with Gasteiger partial charge < -0.3 is 9.80 Å². The summed E-state index contributed by atoms with van der Waals surface area (Å²) in [6, 6.07) is 0. The van der Waals surface area contributed by atoms with E-state index in [0.29, 0.717) is 18.2 Å². The summed E-state index contributed by atoms with van der Waals surface area (Å²) >= 11 is 2.12. The number of amides is 1. The summed E-state index contributed by atoms with van der Waals surface area (Å²) in [6.07, 6.45) is 0.666. The second-order valence-electron chi connectivity index (χ2n) is 4.33. The molecule has 0 aromatic rings. The van der Waals surface area contributed by atoms with Crippen LogP contribution in [-0.4, -0.2) is 55.5 Å². The fourth-order valence-corrected chi connectivity index (χ4v) is 2.44. The van der Waals surface area contributed by atoms with Crippen molar-refractivity contribution in [2.24, 2.45) is 5.92 Å². The minimum atomic E-state index is 0.308. The van der Waals surface area contributed by atoms with Gasteiger partial charge in [0.25, 0.3) is 0 Å². The Kier molecular flexibility index (Phi) is 5.84. The maximum atomic E-state index is 11.9. The van der Waals surface area contributed by atoms with E-state index in [1.165, 1.54) is 0 Å². The quantitative estimate of drug-likeness (QED) is 0.611. The van der Waals surface area contributed by atoms with Crippen molar-refractivity contribution in [2.45, 2.75) is 13.3 Å². The second kappa shape index (κ2) is 6.65. The topological polar surface area (TPSA) is 35.6 Å². The fraction of sp³-hybridized carbons (Fsp3) is 0.900. The molecule has 1 N–H and O–H groups in total. The predicted molar refractivity (Wildman–Crippen MR) is 69.9 cm³/mol. The Morgan fingerprint density at radius 2 is 2.00 bits per heavy atom. The molecule has 15 heavy (non-hydrogen) atoms. The molecule has 1 amide bonds. The van der Waals surface area contributed by atoms with Gasteiger partial charge in [-0.15, -0.1) is 0 Å². The van der Waals surface area contributed by atoms with Crippen LogP contribution in [0, 0.1) is 5.92 Å². The monoisotopic (exact) mass is 325 g/mol. The number of hydrogen-bond acceptors (Lipinski definition) is 3. The van der Waals surface area contributed by atoms with E-state index in [1.54, 1.807) is 0 Å². The van der Waals surface area contributed by atoms with Crippen molar-refractivity contribution in [3.05, 3.63) is 0 Å². The highest BCUT2D eigenvalue weighted by Gasteiger charge is 2.20. The Bertz CT molecular complexity index is 205. The molecule has 0 aromatic carbocycles. The van der Waals surface area contributed by atoms with Gasteiger partial charge in [-0.2, -0.15) is 0 Å². The summed E-state index contributed by atoms with van der Waals surface area (Å²) < 4.78 is 3.07. The number of carbonyl (C=O) groups excluding carboxylic acids is 1. The van der Waals surface area contributed by atoms with Gasteiger partial charge in [-0.3, -0.25) is 8.32 Å². The fourth-order valence-electron chi connectivity index (χ4n) is 1.69. The van der Waals surface area contributed by atoms with Crippen LogP contribution in [0.3, 0.4) is 0 Å². The molecule has 1 unspecified atom stereocenters. The zero-order valence-corrected chi connectivity index (χ0v) is 11.7. The summed E-state index contributed by atoms with van der Waals surface area (Å²) in [5, 5.41) is 0. The molecule has 4 nitrogen and oxygen atoms in total. The van der Waals surface area contributed by atoms with Crippen LogP contribution in [0.4, 0.5) is 0 Å². The third-order valence-corrected chi connectivity index (χ3v) is 3.25. The Hall–Kier alpha value is 0.120. The van der Waals surface area contributed by atoms with Crippen LogP contribution in [0.5, 0.6) is 0 Å². The van der Waals surface area contributed by atoms with Crippen molar-refractivity contribution < 1.29 is 4.79 Å². The first-order valence-corrected chi connectivity index (χ1v) is 6.51. The number of hydrogen-bond donors (Lipinski definition) is 1. The van der Waals surface area contributed by atoms with E-state index in [2.05, 4.69) is 45.3 Å². The number of nitrogens with one attached hydrogen (secondary N) is 1. The molecule has 1 fully saturated rings. The first kappa shape index (κ1) is 13.2. The molecule has 1 saturated heterocycles. The van der Waals surface area contributed by atoms with Crippen molar-refractivity contribution in [3.8, 4) is 0 Å². The predicted octanol–water partition coefficient (Wildman–Crippen LogP) is 0.726. The summed E-state index contributed by atoms with van der Waals surface area (Å²) in [5.41, 5.74) is 0. The lowest BCUT2D eigenvalue weighted by molar-refractivity contribution is -0.133. The highest BCUT2D eigenvalue weighted by Crippen LogP contribution is 2.07. The summed E-state index contributed by atoms with van der Waals surface area (Å²) in [5.74, 6) is 0.733. The highest BCUT2D eigenvalue weighted by atomic mass is 127. The van der Waals surface area contributed by atoms with Gasteiger partial charge >= 0.3 is 0 Å². The van der Waals surface area contributed by atoms with E-state index < -0.39 is 0 Å². The van der Waals surface area contributed by atoms with Gasteiger partial charge in [0.05, 0.1) is 0 Å². The molecule has 1 aliphatic heterocycles. The summed E-state index contributed by atoms with van der Waals surface area (Å²) in [6.45, 7) is 6.80. The maximum Gasteiger partial charge on any atom is 0.222 e. The zero-order chi connectivity index (χ0) is 11.3. The third-order valence-electron chi connectivity index (χ3n) is 2.80. The largest absolute Gasteiger partial charge is 0.340 e. The Morgan fingerprint density at radius 1 is 1.40 bits per heavy atom. The summed E-state index contributed by atoms with van der Waals surface area (Å²) in [4.78, 5) is 16.1. The van der Waals surface area contributed by atoms with Crippen molar-refractivity contribution in [2.75, 3.05) is 39.8 Å². The van der Waals surface area contributed by atoms with Crippen LogP contribution >= 0.6 is 22.9 Å². The molecule has 1 atom stereocenters. The number of rotatable bonds is 4. The molecule has 0 saturated carbocycles. The van der Waals surface area contributed by atoms with Crippen LogP contribution in [-0.2, 0) is 4.79 Å². The first-order valence-electron chi connectivity index (χ1n) is 5.43. The molecular weight excluding hydrogens is 305 g/mol. The van der Waals surface area contributed by atoms with Crippen molar-refractivity contribution >= 4 is 28.8 Å². The van der Waals surface area contributed by atoms with E-state index >= 15 is 0 Å². The molecule has 88 valence electrons. The number of halogens is 1. The Balaban J connectivity index is 2.27. The molecule has 0 spiro atoms. The average Bonchev–Trinajstić information content (AvgIpc) is 2.18. The average molecular weight is 325 g/mol. The number of piperazine rings is 1. The van der Waals surface area contributed by atoms with Crippen LogP contribution in [0.15, 0.2) is 0 Å². The van der Waals surface area contributed by atoms with E-state index in [1.807, 2.05) is 4.90 Å². The van der Waals surface area contributed by atoms with E-state index in [4.69, 9.17) is 0 Å². The van der Waals surface area contributed by atoms with Crippen molar-refractivity contribution in [1.29, 1.82) is 0 Å². The second-order valence-corrected chi connectivity index (χ2v) is 5.09. The van der Waals surface area contributed by atoms with E-state index in [-0.39, 0.29) is 0 Å². The van der Waals surface area contributed by atoms with Gasteiger partial charge in [0.2, 0.25) is 5.91 Å². The minimum Gasteiger partial charge on any atom is -0.340 e. The zero-order valence-electron chi connectivity index (χ0n) is 9.50. The smallest absolute Gasteiger partial charge is 0.222 e. The van der Waals surface area contributed by atoms with Gasteiger partial charge in [-0.05, 0) is 13.0 Å². The first-order chi connectivity index (χ1) is 7.13. The molecule has 1 rings (SSSR count). The number of carbonyl (C=O) groups is 1. The van der Waals surface area contributed by atoms with Gasteiger partial charge in [0, 0.05) is 62.0 Å². The van der Waals surface area contributed by atoms with Gasteiger partial charge in [0.1, 0.15) is 0 Å². The van der Waals surface area contributed by atoms with E-state index in [0.717, 1.165) is 32.7 Å². The normalized spacial score (nSPS) is 20.3. The SMILES string of the molecule is CC(CNI)CC(=O)N1CCN(C)CC1. The summed E-state index contributed by atoms with van der Waals surface area (Å²) in [7, 11) is 2.10. The van der Waals surface area contributed by atoms with Crippen LogP contribution < -0.4 is 3.53 Å². The molecule has 0 aliphatic carbocycles. The minimum absolute atomic E-state index is 0.308. The molecule has 1 heterocycles. The Morgan fingerprint density at radius 3 is 2.53 bits per heavy atom. The van der Waals surface area contributed by atoms with Crippen molar-refractivity contribution in [1.82, 2.24) is 13.3 Å². The van der Waals surface area contributed by atoms with Crippen LogP contribution in [0.1, 0.15) is 13.3 Å². The maximum absolute atomic E-state index is 11.9. The van der Waals surface area contributed by atoms with E-state index in [9.17, 15) is 4.79 Å². The lowest BCUT2D eigenvalue weighted by Gasteiger charge is -2.33. The third kappa shape index (κ3) is 4.65.